The van der Waals surface area contributed by atoms with Crippen molar-refractivity contribution >= 4 is 27.7 Å². The van der Waals surface area contributed by atoms with Gasteiger partial charge in [0.05, 0.1) is 16.3 Å². The van der Waals surface area contributed by atoms with E-state index >= 15 is 0 Å². The minimum Gasteiger partial charge on any atom is -0.483 e. The monoisotopic (exact) mass is 370 g/mol. The third kappa shape index (κ3) is 4.08. The van der Waals surface area contributed by atoms with E-state index in [-0.39, 0.29) is 6.61 Å². The molecule has 0 aliphatic carbocycles. The molecule has 0 fully saturated rings. The minimum atomic E-state index is -0.564. The van der Waals surface area contributed by atoms with E-state index in [9.17, 15) is 14.0 Å². The molecule has 0 saturated heterocycles. The quantitative estimate of drug-likeness (QED) is 0.809. The molecule has 2 N–H and O–H groups in total. The lowest BCUT2D eigenvalue weighted by Crippen LogP contribution is -2.43. The lowest BCUT2D eigenvalue weighted by atomic mass is 10.2. The van der Waals surface area contributed by atoms with Gasteiger partial charge in [-0.3, -0.25) is 20.4 Å². The summed E-state index contributed by atoms with van der Waals surface area (Å²) in [5, 5.41) is 0. The third-order valence-electron chi connectivity index (χ3n) is 2.67. The Hall–Kier alpha value is -2.35. The van der Waals surface area contributed by atoms with Crippen molar-refractivity contribution < 1.29 is 23.1 Å². The molecule has 1 aromatic carbocycles. The van der Waals surface area contributed by atoms with Crippen molar-refractivity contribution in [2.24, 2.45) is 0 Å². The van der Waals surface area contributed by atoms with Crippen molar-refractivity contribution in [3.05, 3.63) is 52.1 Å². The number of benzene rings is 1. The van der Waals surface area contributed by atoms with E-state index in [0.717, 1.165) is 0 Å². The number of carbonyl (C=O) groups excluding carboxylic acids is 2. The first-order valence-electron chi connectivity index (χ1n) is 6.18. The molecule has 0 atom stereocenters. The minimum absolute atomic E-state index is 0.313. The summed E-state index contributed by atoms with van der Waals surface area (Å²) in [6.45, 7) is 1.29. The smallest absolute Gasteiger partial charge is 0.276 e. The van der Waals surface area contributed by atoms with Crippen LogP contribution in [0.2, 0.25) is 0 Å². The van der Waals surface area contributed by atoms with Gasteiger partial charge >= 0.3 is 0 Å². The predicted octanol–water partition coefficient (Wildman–Crippen LogP) is 2.33. The van der Waals surface area contributed by atoms with Gasteiger partial charge in [-0.1, -0.05) is 0 Å². The molecule has 22 heavy (non-hydrogen) atoms. The molecule has 0 saturated carbocycles. The number of hydrogen-bond donors (Lipinski definition) is 2. The molecule has 116 valence electrons. The zero-order valence-corrected chi connectivity index (χ0v) is 13.1. The summed E-state index contributed by atoms with van der Waals surface area (Å²) in [6, 6.07) is 5.31. The SMILES string of the molecule is Cc1occc1C(=O)NNC(=O)COc1ccc(F)cc1Br. The average molecular weight is 371 g/mol. The van der Waals surface area contributed by atoms with E-state index < -0.39 is 17.6 Å². The first-order chi connectivity index (χ1) is 10.5. The number of furan rings is 1. The summed E-state index contributed by atoms with van der Waals surface area (Å²) in [5.41, 5.74) is 4.76. The first kappa shape index (κ1) is 16.0. The Morgan fingerprint density at radius 3 is 2.73 bits per heavy atom. The van der Waals surface area contributed by atoms with Gasteiger partial charge in [-0.05, 0) is 47.1 Å². The Morgan fingerprint density at radius 2 is 2.09 bits per heavy atom. The summed E-state index contributed by atoms with van der Waals surface area (Å²) < 4.78 is 23.5. The van der Waals surface area contributed by atoms with E-state index in [1.54, 1.807) is 6.92 Å². The van der Waals surface area contributed by atoms with Crippen molar-refractivity contribution in [1.29, 1.82) is 0 Å². The molecule has 0 unspecified atom stereocenters. The number of ether oxygens (including phenoxy) is 1. The summed E-state index contributed by atoms with van der Waals surface area (Å²) in [4.78, 5) is 23.3. The van der Waals surface area contributed by atoms with Crippen LogP contribution in [0.1, 0.15) is 16.1 Å². The van der Waals surface area contributed by atoms with Crippen LogP contribution in [0.3, 0.4) is 0 Å². The summed E-state index contributed by atoms with van der Waals surface area (Å²) in [5.74, 6) is -0.730. The molecule has 6 nitrogen and oxygen atoms in total. The fourth-order valence-corrected chi connectivity index (χ4v) is 2.05. The van der Waals surface area contributed by atoms with Crippen LogP contribution in [0.25, 0.3) is 0 Å². The second kappa shape index (κ2) is 7.08. The van der Waals surface area contributed by atoms with Crippen LogP contribution < -0.4 is 15.6 Å². The van der Waals surface area contributed by atoms with Gasteiger partial charge < -0.3 is 9.15 Å². The number of carbonyl (C=O) groups is 2. The lowest BCUT2D eigenvalue weighted by Gasteiger charge is -2.09. The van der Waals surface area contributed by atoms with E-state index in [0.29, 0.717) is 21.5 Å². The highest BCUT2D eigenvalue weighted by Crippen LogP contribution is 2.25. The molecule has 0 radical (unpaired) electrons. The normalized spacial score (nSPS) is 10.1. The van der Waals surface area contributed by atoms with E-state index in [2.05, 4.69) is 26.8 Å². The van der Waals surface area contributed by atoms with Gasteiger partial charge in [-0.15, -0.1) is 0 Å². The van der Waals surface area contributed by atoms with Gasteiger partial charge in [0.25, 0.3) is 11.8 Å². The van der Waals surface area contributed by atoms with Gasteiger partial charge in [0, 0.05) is 0 Å². The molecule has 8 heteroatoms. The summed E-state index contributed by atoms with van der Waals surface area (Å²) in [7, 11) is 0. The zero-order chi connectivity index (χ0) is 16.1. The predicted molar refractivity (Wildman–Crippen MR) is 78.6 cm³/mol. The maximum Gasteiger partial charge on any atom is 0.276 e. The number of hydrogen-bond acceptors (Lipinski definition) is 4. The zero-order valence-electron chi connectivity index (χ0n) is 11.5. The van der Waals surface area contributed by atoms with Crippen molar-refractivity contribution in [2.75, 3.05) is 6.61 Å². The molecule has 1 heterocycles. The molecule has 2 amide bonds. The largest absolute Gasteiger partial charge is 0.483 e. The number of nitrogens with one attached hydrogen (secondary N) is 2. The standard InChI is InChI=1S/C14H12BrFN2O4/c1-8-10(4-5-21-8)14(20)18-17-13(19)7-22-12-3-2-9(16)6-11(12)15/h2-6H,7H2,1H3,(H,17,19)(H,18,20). The highest BCUT2D eigenvalue weighted by molar-refractivity contribution is 9.10. The van der Waals surface area contributed by atoms with Gasteiger partial charge in [-0.2, -0.15) is 0 Å². The Labute approximate surface area is 133 Å². The average Bonchev–Trinajstić information content (AvgIpc) is 2.90. The van der Waals surface area contributed by atoms with Crippen molar-refractivity contribution in [3.8, 4) is 5.75 Å². The van der Waals surface area contributed by atoms with Crippen LogP contribution in [0.4, 0.5) is 4.39 Å². The Morgan fingerprint density at radius 1 is 1.32 bits per heavy atom. The van der Waals surface area contributed by atoms with Crippen LogP contribution in [0, 0.1) is 12.7 Å². The Bertz CT molecular complexity index is 702. The van der Waals surface area contributed by atoms with Crippen molar-refractivity contribution in [2.45, 2.75) is 6.92 Å². The maximum absolute atomic E-state index is 12.9. The van der Waals surface area contributed by atoms with Crippen LogP contribution in [0.5, 0.6) is 5.75 Å². The highest BCUT2D eigenvalue weighted by Gasteiger charge is 2.12. The molecule has 1 aromatic heterocycles. The number of rotatable bonds is 4. The van der Waals surface area contributed by atoms with E-state index in [1.165, 1.54) is 30.5 Å². The second-order valence-electron chi connectivity index (χ2n) is 4.26. The first-order valence-corrected chi connectivity index (χ1v) is 6.98. The maximum atomic E-state index is 12.9. The van der Waals surface area contributed by atoms with Gasteiger partial charge in [0.15, 0.2) is 6.61 Å². The van der Waals surface area contributed by atoms with E-state index in [4.69, 9.17) is 9.15 Å². The topological polar surface area (TPSA) is 80.6 Å². The van der Waals surface area contributed by atoms with Gasteiger partial charge in [-0.25, -0.2) is 4.39 Å². The lowest BCUT2D eigenvalue weighted by molar-refractivity contribution is -0.123. The molecule has 0 aliphatic heterocycles. The van der Waals surface area contributed by atoms with Crippen molar-refractivity contribution in [1.82, 2.24) is 10.9 Å². The molecule has 2 aromatic rings. The molecule has 2 rings (SSSR count). The summed E-state index contributed by atoms with van der Waals surface area (Å²) in [6.07, 6.45) is 1.38. The van der Waals surface area contributed by atoms with Crippen LogP contribution in [-0.2, 0) is 4.79 Å². The molecule has 0 aliphatic rings. The highest BCUT2D eigenvalue weighted by atomic mass is 79.9. The third-order valence-corrected chi connectivity index (χ3v) is 3.29. The van der Waals surface area contributed by atoms with Crippen LogP contribution in [0.15, 0.2) is 39.4 Å². The summed E-state index contributed by atoms with van der Waals surface area (Å²) >= 11 is 3.12. The Kier molecular flexibility index (Phi) is 5.16. The van der Waals surface area contributed by atoms with Crippen LogP contribution >= 0.6 is 15.9 Å². The fourth-order valence-electron chi connectivity index (χ4n) is 1.59. The van der Waals surface area contributed by atoms with E-state index in [1.807, 2.05) is 0 Å². The second-order valence-corrected chi connectivity index (χ2v) is 5.11. The number of amides is 2. The van der Waals surface area contributed by atoms with Gasteiger partial charge in [0.1, 0.15) is 17.3 Å². The molecular weight excluding hydrogens is 359 g/mol. The Balaban J connectivity index is 1.81. The fraction of sp³-hybridized carbons (Fsp3) is 0.143. The molecule has 0 spiro atoms. The van der Waals surface area contributed by atoms with Gasteiger partial charge in [0.2, 0.25) is 0 Å². The number of halogens is 2. The molecule has 0 bridgehead atoms. The number of hydrazine groups is 1. The van der Waals surface area contributed by atoms with Crippen LogP contribution in [-0.4, -0.2) is 18.4 Å². The van der Waals surface area contributed by atoms with Crippen molar-refractivity contribution in [3.63, 3.8) is 0 Å². The molecular formula is C14H12BrFN2O4. The number of aryl methyl sites for hydroxylation is 1.